The van der Waals surface area contributed by atoms with Gasteiger partial charge in [0.05, 0.1) is 0 Å². The first kappa shape index (κ1) is 19.1. The molecule has 0 spiro atoms. The topological polar surface area (TPSA) is 34.1 Å². The molecule has 3 aliphatic rings. The van der Waals surface area contributed by atoms with E-state index in [1.54, 1.807) is 0 Å². The number of carbonyl (C=O) groups excluding carboxylic acids is 2. The monoisotopic (exact) mass is 346 g/mol. The molecule has 3 aliphatic carbocycles. The molecule has 0 N–H and O–H groups in total. The molecule has 142 valence electrons. The van der Waals surface area contributed by atoms with Crippen LogP contribution in [0, 0.1) is 29.6 Å². The van der Waals surface area contributed by atoms with Crippen molar-refractivity contribution in [3.63, 3.8) is 0 Å². The van der Waals surface area contributed by atoms with Crippen molar-refractivity contribution >= 4 is 11.6 Å². The van der Waals surface area contributed by atoms with Crippen molar-refractivity contribution in [3.8, 4) is 0 Å². The molecule has 25 heavy (non-hydrogen) atoms. The zero-order chi connectivity index (χ0) is 17.6. The predicted molar refractivity (Wildman–Crippen MR) is 102 cm³/mol. The second-order valence-corrected chi connectivity index (χ2v) is 9.37. The number of unbranched alkanes of at least 4 members (excludes halogenated alkanes) is 1. The summed E-state index contributed by atoms with van der Waals surface area (Å²) in [5.74, 6) is 4.47. The largest absolute Gasteiger partial charge is 0.300 e. The van der Waals surface area contributed by atoms with Gasteiger partial charge in [-0.2, -0.15) is 0 Å². The Bertz CT molecular complexity index is 455. The van der Waals surface area contributed by atoms with Gasteiger partial charge in [-0.3, -0.25) is 9.59 Å². The zero-order valence-electron chi connectivity index (χ0n) is 16.3. The highest BCUT2D eigenvalue weighted by Gasteiger charge is 2.39. The maximum absolute atomic E-state index is 12.4. The molecule has 2 nitrogen and oxygen atoms in total. The zero-order valence-corrected chi connectivity index (χ0v) is 16.3. The van der Waals surface area contributed by atoms with Gasteiger partial charge in [0.25, 0.3) is 0 Å². The maximum Gasteiger partial charge on any atom is 0.133 e. The molecule has 2 bridgehead atoms. The van der Waals surface area contributed by atoms with Gasteiger partial charge >= 0.3 is 0 Å². The minimum absolute atomic E-state index is 0.356. The Labute approximate surface area is 154 Å². The molecule has 0 aromatic rings. The fourth-order valence-electron chi connectivity index (χ4n) is 6.09. The van der Waals surface area contributed by atoms with Crippen LogP contribution < -0.4 is 0 Å². The molecule has 3 fully saturated rings. The molecule has 3 rings (SSSR count). The molecule has 3 saturated carbocycles. The summed E-state index contributed by atoms with van der Waals surface area (Å²) in [4.78, 5) is 24.8. The van der Waals surface area contributed by atoms with Crippen LogP contribution >= 0.6 is 0 Å². The lowest BCUT2D eigenvalue weighted by molar-refractivity contribution is -0.125. The van der Waals surface area contributed by atoms with Gasteiger partial charge in [-0.25, -0.2) is 0 Å². The maximum atomic E-state index is 12.4. The van der Waals surface area contributed by atoms with Gasteiger partial charge in [-0.15, -0.1) is 0 Å². The summed E-state index contributed by atoms with van der Waals surface area (Å²) in [5.41, 5.74) is 0. The van der Waals surface area contributed by atoms with Crippen LogP contribution in [0.2, 0.25) is 0 Å². The third-order valence-corrected chi connectivity index (χ3v) is 7.54. The lowest BCUT2D eigenvalue weighted by atomic mass is 9.74. The van der Waals surface area contributed by atoms with Crippen molar-refractivity contribution in [1.29, 1.82) is 0 Å². The summed E-state index contributed by atoms with van der Waals surface area (Å²) in [6, 6.07) is 0. The first-order chi connectivity index (χ1) is 12.2. The fraction of sp³-hybridized carbons (Fsp3) is 0.913. The number of carbonyl (C=O) groups is 2. The van der Waals surface area contributed by atoms with Gasteiger partial charge in [-0.1, -0.05) is 51.9 Å². The summed E-state index contributed by atoms with van der Waals surface area (Å²) in [6.45, 7) is 2.25. The third-order valence-electron chi connectivity index (χ3n) is 7.54. The smallest absolute Gasteiger partial charge is 0.133 e. The molecular weight excluding hydrogens is 308 g/mol. The van der Waals surface area contributed by atoms with Crippen molar-refractivity contribution in [2.24, 2.45) is 29.6 Å². The molecule has 2 heteroatoms. The van der Waals surface area contributed by atoms with Crippen LogP contribution in [-0.4, -0.2) is 11.6 Å². The normalized spacial score (nSPS) is 34.4. The van der Waals surface area contributed by atoms with E-state index in [1.807, 2.05) is 0 Å². The fourth-order valence-corrected chi connectivity index (χ4v) is 6.09. The van der Waals surface area contributed by atoms with Crippen LogP contribution in [-0.2, 0) is 9.59 Å². The van der Waals surface area contributed by atoms with Crippen molar-refractivity contribution in [2.75, 3.05) is 0 Å². The van der Waals surface area contributed by atoms with Crippen LogP contribution in [0.4, 0.5) is 0 Å². The highest BCUT2D eigenvalue weighted by atomic mass is 16.1. The Morgan fingerprint density at radius 2 is 1.48 bits per heavy atom. The first-order valence-electron chi connectivity index (χ1n) is 11.2. The van der Waals surface area contributed by atoms with E-state index in [2.05, 4.69) is 6.92 Å². The average Bonchev–Trinajstić information content (AvgIpc) is 3.22. The van der Waals surface area contributed by atoms with Crippen LogP contribution in [0.1, 0.15) is 103 Å². The lowest BCUT2D eigenvalue weighted by Crippen LogP contribution is -2.23. The highest BCUT2D eigenvalue weighted by Crippen LogP contribution is 2.49. The van der Waals surface area contributed by atoms with Gasteiger partial charge in [0.1, 0.15) is 11.6 Å². The molecule has 0 amide bonds. The molecule has 0 aromatic heterocycles. The number of fused-ring (bicyclic) bond motifs is 2. The Hall–Kier alpha value is -0.660. The average molecular weight is 347 g/mol. The summed E-state index contributed by atoms with van der Waals surface area (Å²) >= 11 is 0. The molecule has 5 atom stereocenters. The Morgan fingerprint density at radius 3 is 2.08 bits per heavy atom. The van der Waals surface area contributed by atoms with E-state index in [0.717, 1.165) is 30.6 Å². The lowest BCUT2D eigenvalue weighted by Gasteiger charge is -2.31. The summed E-state index contributed by atoms with van der Waals surface area (Å²) in [5, 5.41) is 0. The van der Waals surface area contributed by atoms with E-state index in [-0.39, 0.29) is 0 Å². The molecule has 0 radical (unpaired) electrons. The first-order valence-corrected chi connectivity index (χ1v) is 11.2. The van der Waals surface area contributed by atoms with Crippen molar-refractivity contribution < 1.29 is 9.59 Å². The minimum Gasteiger partial charge on any atom is -0.300 e. The SMILES string of the molecule is CCCCC1CCCCC1CC(=O)CCC(=O)CC1CC2CCC1C2. The van der Waals surface area contributed by atoms with Crippen molar-refractivity contribution in [1.82, 2.24) is 0 Å². The second kappa shape index (κ2) is 9.33. The number of rotatable bonds is 10. The predicted octanol–water partition coefficient (Wildman–Crippen LogP) is 6.12. The Kier molecular flexibility index (Phi) is 7.13. The van der Waals surface area contributed by atoms with Gasteiger partial charge in [0, 0.05) is 25.7 Å². The molecule has 0 saturated heterocycles. The van der Waals surface area contributed by atoms with Crippen LogP contribution in [0.25, 0.3) is 0 Å². The van der Waals surface area contributed by atoms with Gasteiger partial charge in [-0.05, 0) is 55.3 Å². The van der Waals surface area contributed by atoms with E-state index in [4.69, 9.17) is 0 Å². The third kappa shape index (κ3) is 5.41. The Balaban J connectivity index is 1.36. The van der Waals surface area contributed by atoms with Gasteiger partial charge < -0.3 is 0 Å². The molecule has 0 aliphatic heterocycles. The van der Waals surface area contributed by atoms with E-state index in [1.165, 1.54) is 70.6 Å². The summed E-state index contributed by atoms with van der Waals surface area (Å²) in [7, 11) is 0. The van der Waals surface area contributed by atoms with Crippen LogP contribution in [0.3, 0.4) is 0 Å². The minimum atomic E-state index is 0.356. The molecule has 5 unspecified atom stereocenters. The van der Waals surface area contributed by atoms with Crippen molar-refractivity contribution in [3.05, 3.63) is 0 Å². The number of Topliss-reactive ketones (excluding diaryl/α,β-unsaturated/α-hetero) is 2. The van der Waals surface area contributed by atoms with Crippen molar-refractivity contribution in [2.45, 2.75) is 103 Å². The summed E-state index contributed by atoms with van der Waals surface area (Å²) < 4.78 is 0. The number of hydrogen-bond acceptors (Lipinski definition) is 2. The second-order valence-electron chi connectivity index (χ2n) is 9.37. The van der Waals surface area contributed by atoms with E-state index < -0.39 is 0 Å². The quantitative estimate of drug-likeness (QED) is 0.477. The number of ketones is 2. The molecular formula is C23H38O2. The number of hydrogen-bond donors (Lipinski definition) is 0. The van der Waals surface area contributed by atoms with Gasteiger partial charge in [0.15, 0.2) is 0 Å². The standard InChI is InChI=1S/C23H38O2/c1-2-3-6-18-7-4-5-8-19(18)15-22(24)11-12-23(25)16-21-14-17-9-10-20(21)13-17/h17-21H,2-16H2,1H3. The van der Waals surface area contributed by atoms with Crippen LogP contribution in [0.5, 0.6) is 0 Å². The van der Waals surface area contributed by atoms with Crippen LogP contribution in [0.15, 0.2) is 0 Å². The molecule has 0 heterocycles. The van der Waals surface area contributed by atoms with Gasteiger partial charge in [0.2, 0.25) is 0 Å². The van der Waals surface area contributed by atoms with E-state index in [9.17, 15) is 9.59 Å². The Morgan fingerprint density at radius 1 is 0.800 bits per heavy atom. The molecule has 0 aromatic carbocycles. The summed E-state index contributed by atoms with van der Waals surface area (Å²) in [6.07, 6.45) is 17.0. The highest BCUT2D eigenvalue weighted by molar-refractivity contribution is 5.86. The van der Waals surface area contributed by atoms with E-state index in [0.29, 0.717) is 36.2 Å². The van der Waals surface area contributed by atoms with E-state index >= 15 is 0 Å².